The van der Waals surface area contributed by atoms with Crippen molar-refractivity contribution in [2.75, 3.05) is 0 Å². The first kappa shape index (κ1) is 32.6. The molecule has 0 aromatic rings. The van der Waals surface area contributed by atoms with Crippen LogP contribution < -0.4 is 0 Å². The second-order valence-corrected chi connectivity index (χ2v) is 59.0. The predicted octanol–water partition coefficient (Wildman–Crippen LogP) is 9.45. The van der Waals surface area contributed by atoms with Gasteiger partial charge < -0.3 is 8.85 Å². The third kappa shape index (κ3) is 6.31. The van der Waals surface area contributed by atoms with E-state index in [0.717, 1.165) is 35.5 Å². The van der Waals surface area contributed by atoms with Crippen LogP contribution in [0.1, 0.15) is 77.0 Å². The van der Waals surface area contributed by atoms with E-state index in [9.17, 15) is 0 Å². The first-order valence-electron chi connectivity index (χ1n) is 18.0. The van der Waals surface area contributed by atoms with Crippen LogP contribution in [-0.2, 0) is 8.85 Å². The van der Waals surface area contributed by atoms with E-state index in [0.29, 0.717) is 10.8 Å². The van der Waals surface area contributed by atoms with Gasteiger partial charge in [0.25, 0.3) is 0 Å². The molecule has 0 radical (unpaired) electrons. The molecule has 0 amide bonds. The van der Waals surface area contributed by atoms with Crippen LogP contribution in [0.2, 0.25) is 78.6 Å². The third-order valence-electron chi connectivity index (χ3n) is 12.1. The Balaban J connectivity index is 1.66. The maximum absolute atomic E-state index is 7.81. The summed E-state index contributed by atoms with van der Waals surface area (Å²) in [6.07, 6.45) is 18.0. The fourth-order valence-corrected chi connectivity index (χ4v) is 72.0. The monoisotopic (exact) mass is 674 g/mol. The minimum absolute atomic E-state index is 0.408. The standard InChI is InChI=1S/C34H66O2Si6/c1-39(2,3)35-31(33-19-25-13-26(20-33)15-27(14-25)21-33)37(41(7,8)9)38(42(10,11)12)32(36-40(4,5)6)34-22-28-16-29(23-34)18-30(17-28)24-34/h25-30H,13-24H2,1-12H3/b37-31-,38-32+. The van der Waals surface area contributed by atoms with E-state index in [2.05, 4.69) is 78.6 Å². The number of rotatable bonds is 9. The highest BCUT2D eigenvalue weighted by atomic mass is 29.8. The average molecular weight is 675 g/mol. The smallest absolute Gasteiger partial charge is 0.241 e. The highest BCUT2D eigenvalue weighted by Crippen LogP contribution is 2.62. The molecule has 8 bridgehead atoms. The Bertz CT molecular complexity index is 982. The Morgan fingerprint density at radius 3 is 0.810 bits per heavy atom. The van der Waals surface area contributed by atoms with Gasteiger partial charge in [-0.1, -0.05) is 39.3 Å². The Labute approximate surface area is 267 Å². The van der Waals surface area contributed by atoms with Gasteiger partial charge >= 0.3 is 0 Å². The van der Waals surface area contributed by atoms with Crippen LogP contribution in [0.4, 0.5) is 0 Å². The van der Waals surface area contributed by atoms with Crippen molar-refractivity contribution in [2.45, 2.75) is 156 Å². The highest BCUT2D eigenvalue weighted by Gasteiger charge is 2.59. The normalized spacial score (nSPS) is 40.7. The van der Waals surface area contributed by atoms with Crippen molar-refractivity contribution in [2.24, 2.45) is 46.3 Å². The predicted molar refractivity (Wildman–Crippen MR) is 198 cm³/mol. The summed E-state index contributed by atoms with van der Waals surface area (Å²) in [6.45, 7) is 31.9. The van der Waals surface area contributed by atoms with Gasteiger partial charge in [0, 0.05) is 10.8 Å². The van der Waals surface area contributed by atoms with E-state index in [1.807, 2.05) is 10.7 Å². The molecule has 2 nitrogen and oxygen atoms in total. The Morgan fingerprint density at radius 2 is 0.643 bits per heavy atom. The van der Waals surface area contributed by atoms with Crippen LogP contribution in [0.5, 0.6) is 0 Å². The summed E-state index contributed by atoms with van der Waals surface area (Å²) in [6, 6.07) is 0. The van der Waals surface area contributed by atoms with Crippen molar-refractivity contribution < 1.29 is 8.85 Å². The molecule has 0 atom stereocenters. The molecule has 0 aliphatic heterocycles. The van der Waals surface area contributed by atoms with E-state index >= 15 is 0 Å². The fourth-order valence-electron chi connectivity index (χ4n) is 11.9. The summed E-state index contributed by atoms with van der Waals surface area (Å²) >= 11 is 0. The van der Waals surface area contributed by atoms with Crippen LogP contribution >= 0.6 is 0 Å². The zero-order chi connectivity index (χ0) is 30.7. The average Bonchev–Trinajstić information content (AvgIpc) is 2.75. The van der Waals surface area contributed by atoms with Crippen molar-refractivity contribution in [3.8, 4) is 0 Å². The van der Waals surface area contributed by atoms with E-state index in [1.54, 1.807) is 0 Å². The van der Waals surface area contributed by atoms with Gasteiger partial charge in [-0.25, -0.2) is 0 Å². The van der Waals surface area contributed by atoms with Crippen molar-refractivity contribution in [3.05, 3.63) is 0 Å². The fraction of sp³-hybridized carbons (Fsp3) is 0.941. The molecule has 8 fully saturated rings. The van der Waals surface area contributed by atoms with Gasteiger partial charge in [-0.2, -0.15) is 0 Å². The first-order valence-corrected chi connectivity index (χ1v) is 37.9. The van der Waals surface area contributed by atoms with Crippen molar-refractivity contribution in [1.29, 1.82) is 0 Å². The van der Waals surface area contributed by atoms with E-state index in [4.69, 9.17) is 8.85 Å². The van der Waals surface area contributed by atoms with Crippen LogP contribution in [0.3, 0.4) is 0 Å². The van der Waals surface area contributed by atoms with Crippen molar-refractivity contribution >= 4 is 57.4 Å². The maximum Gasteiger partial charge on any atom is 0.241 e. The summed E-state index contributed by atoms with van der Waals surface area (Å²) in [7, 11) is -8.40. The number of hydrogen-bond donors (Lipinski definition) is 0. The minimum Gasteiger partial charge on any atom is -0.552 e. The molecule has 8 aliphatic carbocycles. The molecular weight excluding hydrogens is 609 g/mol. The van der Waals surface area contributed by atoms with E-state index < -0.39 is 46.7 Å². The molecule has 0 unspecified atom stereocenters. The van der Waals surface area contributed by atoms with Gasteiger partial charge in [-0.3, -0.25) is 0 Å². The van der Waals surface area contributed by atoms with Gasteiger partial charge in [0.2, 0.25) is 16.6 Å². The van der Waals surface area contributed by atoms with Crippen LogP contribution in [0, 0.1) is 46.3 Å². The quantitative estimate of drug-likeness (QED) is 0.227. The topological polar surface area (TPSA) is 18.5 Å². The molecule has 0 spiro atoms. The van der Waals surface area contributed by atoms with Crippen LogP contribution in [-0.4, -0.2) is 57.4 Å². The zero-order valence-corrected chi connectivity index (χ0v) is 35.8. The Morgan fingerprint density at radius 1 is 0.429 bits per heavy atom. The third-order valence-corrected chi connectivity index (χ3v) is 53.2. The molecule has 8 heteroatoms. The van der Waals surface area contributed by atoms with Gasteiger partial charge in [-0.15, -0.1) is 0 Å². The second-order valence-electron chi connectivity index (χ2n) is 20.7. The zero-order valence-electron chi connectivity index (χ0n) is 29.8. The van der Waals surface area contributed by atoms with E-state index in [1.165, 1.54) is 77.0 Å². The summed E-state index contributed by atoms with van der Waals surface area (Å²) in [5.41, 5.74) is 0.815. The molecule has 0 N–H and O–H groups in total. The lowest BCUT2D eigenvalue weighted by atomic mass is 9.50. The highest BCUT2D eigenvalue weighted by molar-refractivity contribution is 7.71. The second kappa shape index (κ2) is 10.6. The Hall–Kier alpha value is 0.641. The Kier molecular flexibility index (Phi) is 8.20. The summed E-state index contributed by atoms with van der Waals surface area (Å²) in [5, 5.41) is 3.64. The van der Waals surface area contributed by atoms with Gasteiger partial charge in [0.1, 0.15) is 0 Å². The van der Waals surface area contributed by atoms with Crippen LogP contribution in [0.15, 0.2) is 0 Å². The lowest BCUT2D eigenvalue weighted by Gasteiger charge is -2.60. The molecule has 238 valence electrons. The number of hydrogen-bond acceptors (Lipinski definition) is 2. The van der Waals surface area contributed by atoms with Crippen molar-refractivity contribution in [3.63, 3.8) is 0 Å². The first-order chi connectivity index (χ1) is 19.1. The molecule has 0 aromatic carbocycles. The van der Waals surface area contributed by atoms with E-state index in [-0.39, 0.29) is 0 Å². The molecule has 0 aromatic heterocycles. The molecule has 8 saturated carbocycles. The van der Waals surface area contributed by atoms with Gasteiger partial charge in [0.05, 0.1) is 40.8 Å². The van der Waals surface area contributed by atoms with Gasteiger partial charge in [0.15, 0.2) is 0 Å². The molecule has 0 saturated heterocycles. The molecule has 42 heavy (non-hydrogen) atoms. The summed E-state index contributed by atoms with van der Waals surface area (Å²) in [5.74, 6) is 5.88. The summed E-state index contributed by atoms with van der Waals surface area (Å²) < 4.78 is 15.6. The largest absolute Gasteiger partial charge is 0.552 e. The molecule has 8 aliphatic rings. The minimum atomic E-state index is -1.77. The lowest BCUT2D eigenvalue weighted by molar-refractivity contribution is -0.0185. The maximum atomic E-state index is 7.81. The molecule has 0 heterocycles. The lowest BCUT2D eigenvalue weighted by Crippen LogP contribution is -2.67. The SMILES string of the molecule is C[Si](C)(C)O/C(=[Si](\[Si](=C(\O[Si](C)(C)C)C12CC3CC(CC(C3)C1)C2)[Si](C)(C)C)[Si](C)(C)C)C12CC3CC(CC(C3)C1)C2. The summed E-state index contributed by atoms with van der Waals surface area (Å²) in [4.78, 5) is 0. The van der Waals surface area contributed by atoms with Crippen LogP contribution in [0.25, 0.3) is 0 Å². The molecule has 8 rings (SSSR count). The van der Waals surface area contributed by atoms with Crippen molar-refractivity contribution in [1.82, 2.24) is 0 Å². The van der Waals surface area contributed by atoms with Gasteiger partial charge in [-0.05, 0) is 152 Å². The molecular formula is C34H66O2Si6.